The molecule has 24 heavy (non-hydrogen) atoms. The van der Waals surface area contributed by atoms with Crippen LogP contribution in [0.5, 0.6) is 0 Å². The van der Waals surface area contributed by atoms with Crippen molar-refractivity contribution in [3.8, 4) is 0 Å². The highest BCUT2D eigenvalue weighted by Crippen LogP contribution is 2.19. The minimum atomic E-state index is -0.648. The number of nitro benzene ring substituents is 1. The Morgan fingerprint density at radius 1 is 1.17 bits per heavy atom. The second kappa shape index (κ2) is 8.59. The number of para-hydroxylation sites is 1. The van der Waals surface area contributed by atoms with Crippen LogP contribution in [-0.4, -0.2) is 22.5 Å². The van der Waals surface area contributed by atoms with Crippen LogP contribution >= 0.6 is 0 Å². The van der Waals surface area contributed by atoms with Crippen molar-refractivity contribution in [2.45, 2.75) is 12.5 Å². The SMILES string of the molecule is O=C(C=Cc1ccccc1[N+](=O)[O-])NCCC(O)c1ccccc1. The van der Waals surface area contributed by atoms with E-state index < -0.39 is 11.0 Å². The Morgan fingerprint density at radius 3 is 2.54 bits per heavy atom. The van der Waals surface area contributed by atoms with Gasteiger partial charge in [-0.05, 0) is 24.1 Å². The molecule has 6 heteroatoms. The number of hydrogen-bond acceptors (Lipinski definition) is 4. The van der Waals surface area contributed by atoms with Crippen LogP contribution in [-0.2, 0) is 4.79 Å². The number of amides is 1. The van der Waals surface area contributed by atoms with Crippen LogP contribution in [0.25, 0.3) is 6.08 Å². The first-order chi connectivity index (χ1) is 11.6. The summed E-state index contributed by atoms with van der Waals surface area (Å²) in [6.45, 7) is 0.302. The molecule has 124 valence electrons. The Morgan fingerprint density at radius 2 is 1.83 bits per heavy atom. The Labute approximate surface area is 139 Å². The molecule has 2 aromatic carbocycles. The number of rotatable bonds is 7. The quantitative estimate of drug-likeness (QED) is 0.465. The average Bonchev–Trinajstić information content (AvgIpc) is 2.60. The molecule has 0 aliphatic carbocycles. The average molecular weight is 326 g/mol. The first-order valence-electron chi connectivity index (χ1n) is 7.50. The molecule has 0 saturated carbocycles. The lowest BCUT2D eigenvalue weighted by Gasteiger charge is -2.10. The molecule has 0 aliphatic heterocycles. The van der Waals surface area contributed by atoms with Gasteiger partial charge in [0.05, 0.1) is 16.6 Å². The molecule has 0 spiro atoms. The van der Waals surface area contributed by atoms with Crippen LogP contribution in [0.3, 0.4) is 0 Å². The van der Waals surface area contributed by atoms with Crippen LogP contribution < -0.4 is 5.32 Å². The number of nitro groups is 1. The molecule has 0 saturated heterocycles. The lowest BCUT2D eigenvalue weighted by atomic mass is 10.1. The standard InChI is InChI=1S/C18H18N2O4/c21-17(15-7-2-1-3-8-15)12-13-19-18(22)11-10-14-6-4-5-9-16(14)20(23)24/h1-11,17,21H,12-13H2,(H,19,22). The molecular formula is C18H18N2O4. The van der Waals surface area contributed by atoms with E-state index in [0.717, 1.165) is 5.56 Å². The smallest absolute Gasteiger partial charge is 0.276 e. The summed E-state index contributed by atoms with van der Waals surface area (Å²) < 4.78 is 0. The molecule has 0 fully saturated rings. The van der Waals surface area contributed by atoms with E-state index in [1.165, 1.54) is 18.2 Å². The maximum atomic E-state index is 11.8. The van der Waals surface area contributed by atoms with Gasteiger partial charge in [0.1, 0.15) is 0 Å². The Kier molecular flexibility index (Phi) is 6.22. The Balaban J connectivity index is 1.84. The van der Waals surface area contributed by atoms with Crippen LogP contribution in [0.1, 0.15) is 23.7 Å². The first kappa shape index (κ1) is 17.4. The summed E-state index contributed by atoms with van der Waals surface area (Å²) >= 11 is 0. The van der Waals surface area contributed by atoms with E-state index in [0.29, 0.717) is 18.5 Å². The van der Waals surface area contributed by atoms with Gasteiger partial charge < -0.3 is 10.4 Å². The summed E-state index contributed by atoms with van der Waals surface area (Å²) in [7, 11) is 0. The molecule has 0 bridgehead atoms. The van der Waals surface area contributed by atoms with E-state index in [1.54, 1.807) is 18.2 Å². The van der Waals surface area contributed by atoms with Crippen LogP contribution in [0.4, 0.5) is 5.69 Å². The van der Waals surface area contributed by atoms with Crippen molar-refractivity contribution in [1.82, 2.24) is 5.32 Å². The van der Waals surface area contributed by atoms with Gasteiger partial charge in [-0.3, -0.25) is 14.9 Å². The van der Waals surface area contributed by atoms with Gasteiger partial charge in [0.25, 0.3) is 5.69 Å². The molecule has 0 heterocycles. The van der Waals surface area contributed by atoms with Crippen molar-refractivity contribution >= 4 is 17.7 Å². The van der Waals surface area contributed by atoms with E-state index in [1.807, 2.05) is 30.3 Å². The molecule has 0 aromatic heterocycles. The first-order valence-corrected chi connectivity index (χ1v) is 7.50. The maximum absolute atomic E-state index is 11.8. The number of benzene rings is 2. The fourth-order valence-corrected chi connectivity index (χ4v) is 2.19. The third-order valence-corrected chi connectivity index (χ3v) is 3.45. The predicted molar refractivity (Wildman–Crippen MR) is 91.2 cm³/mol. The topological polar surface area (TPSA) is 92.5 Å². The van der Waals surface area contributed by atoms with Gasteiger partial charge in [-0.2, -0.15) is 0 Å². The fourth-order valence-electron chi connectivity index (χ4n) is 2.19. The zero-order valence-corrected chi connectivity index (χ0v) is 13.0. The highest BCUT2D eigenvalue weighted by molar-refractivity contribution is 5.92. The largest absolute Gasteiger partial charge is 0.388 e. The predicted octanol–water partition coefficient (Wildman–Crippen LogP) is 2.85. The molecule has 0 radical (unpaired) electrons. The summed E-state index contributed by atoms with van der Waals surface area (Å²) in [4.78, 5) is 22.2. The van der Waals surface area contributed by atoms with Gasteiger partial charge in [0.2, 0.25) is 5.91 Å². The lowest BCUT2D eigenvalue weighted by molar-refractivity contribution is -0.385. The van der Waals surface area contributed by atoms with Gasteiger partial charge in [-0.25, -0.2) is 0 Å². The lowest BCUT2D eigenvalue weighted by Crippen LogP contribution is -2.23. The number of aliphatic hydroxyl groups excluding tert-OH is 1. The van der Waals surface area contributed by atoms with Crippen molar-refractivity contribution in [2.75, 3.05) is 6.54 Å². The van der Waals surface area contributed by atoms with E-state index in [-0.39, 0.29) is 11.6 Å². The zero-order chi connectivity index (χ0) is 17.4. The summed E-state index contributed by atoms with van der Waals surface area (Å²) in [5.74, 6) is -0.367. The number of aliphatic hydroxyl groups is 1. The molecule has 0 aliphatic rings. The van der Waals surface area contributed by atoms with Gasteiger partial charge >= 0.3 is 0 Å². The van der Waals surface area contributed by atoms with E-state index in [2.05, 4.69) is 5.32 Å². The number of carbonyl (C=O) groups excluding carboxylic acids is 1. The Bertz CT molecular complexity index is 729. The maximum Gasteiger partial charge on any atom is 0.276 e. The van der Waals surface area contributed by atoms with Gasteiger partial charge in [0.15, 0.2) is 0 Å². The van der Waals surface area contributed by atoms with Crippen LogP contribution in [0.2, 0.25) is 0 Å². The number of nitrogens with zero attached hydrogens (tertiary/aromatic N) is 1. The third-order valence-electron chi connectivity index (χ3n) is 3.45. The van der Waals surface area contributed by atoms with E-state index >= 15 is 0 Å². The molecule has 2 N–H and O–H groups in total. The van der Waals surface area contributed by atoms with E-state index in [4.69, 9.17) is 0 Å². The van der Waals surface area contributed by atoms with E-state index in [9.17, 15) is 20.0 Å². The van der Waals surface area contributed by atoms with Crippen LogP contribution in [0.15, 0.2) is 60.7 Å². The zero-order valence-electron chi connectivity index (χ0n) is 13.0. The fraction of sp³-hybridized carbons (Fsp3) is 0.167. The molecular weight excluding hydrogens is 308 g/mol. The number of hydrogen-bond donors (Lipinski definition) is 2. The highest BCUT2D eigenvalue weighted by Gasteiger charge is 2.10. The van der Waals surface area contributed by atoms with Crippen LogP contribution in [0, 0.1) is 10.1 Å². The van der Waals surface area contributed by atoms with Crippen molar-refractivity contribution in [2.24, 2.45) is 0 Å². The van der Waals surface area contributed by atoms with Gasteiger partial charge in [-0.15, -0.1) is 0 Å². The molecule has 1 unspecified atom stereocenters. The summed E-state index contributed by atoms with van der Waals surface area (Å²) in [5, 5.41) is 23.5. The van der Waals surface area contributed by atoms with Crippen molar-refractivity contribution in [3.05, 3.63) is 81.9 Å². The molecule has 6 nitrogen and oxygen atoms in total. The third kappa shape index (κ3) is 5.03. The van der Waals surface area contributed by atoms with Crippen molar-refractivity contribution in [1.29, 1.82) is 0 Å². The summed E-state index contributed by atoms with van der Waals surface area (Å²) in [6.07, 6.45) is 2.39. The second-order valence-electron chi connectivity index (χ2n) is 5.16. The number of nitrogens with one attached hydrogen (secondary N) is 1. The normalized spacial score (nSPS) is 12.0. The minimum absolute atomic E-state index is 0.0546. The molecule has 1 amide bonds. The molecule has 2 aromatic rings. The molecule has 1 atom stereocenters. The van der Waals surface area contributed by atoms with Crippen molar-refractivity contribution in [3.63, 3.8) is 0 Å². The minimum Gasteiger partial charge on any atom is -0.388 e. The summed E-state index contributed by atoms with van der Waals surface area (Å²) in [5.41, 5.74) is 1.10. The highest BCUT2D eigenvalue weighted by atomic mass is 16.6. The summed E-state index contributed by atoms with van der Waals surface area (Å²) in [6, 6.07) is 15.4. The van der Waals surface area contributed by atoms with Gasteiger partial charge in [-0.1, -0.05) is 42.5 Å². The Hall–Kier alpha value is -2.99. The monoisotopic (exact) mass is 326 g/mol. The second-order valence-corrected chi connectivity index (χ2v) is 5.16. The van der Waals surface area contributed by atoms with Gasteiger partial charge in [0, 0.05) is 18.7 Å². The molecule has 2 rings (SSSR count). The number of carbonyl (C=O) groups is 1. The van der Waals surface area contributed by atoms with Crippen molar-refractivity contribution < 1.29 is 14.8 Å².